The van der Waals surface area contributed by atoms with Crippen molar-refractivity contribution >= 4 is 11.9 Å². The molecule has 1 unspecified atom stereocenters. The van der Waals surface area contributed by atoms with Crippen molar-refractivity contribution in [2.24, 2.45) is 4.99 Å². The maximum absolute atomic E-state index is 11.5. The van der Waals surface area contributed by atoms with Crippen LogP contribution in [-0.2, 0) is 11.2 Å². The van der Waals surface area contributed by atoms with Crippen LogP contribution in [0.4, 0.5) is 0 Å². The van der Waals surface area contributed by atoms with Gasteiger partial charge < -0.3 is 20.7 Å². The lowest BCUT2D eigenvalue weighted by atomic mass is 10.1. The van der Waals surface area contributed by atoms with Crippen molar-refractivity contribution in [1.82, 2.24) is 16.0 Å². The van der Waals surface area contributed by atoms with Crippen molar-refractivity contribution in [3.8, 4) is 5.75 Å². The summed E-state index contributed by atoms with van der Waals surface area (Å²) in [4.78, 5) is 15.7. The third kappa shape index (κ3) is 4.65. The normalized spacial score (nSPS) is 16.6. The van der Waals surface area contributed by atoms with Gasteiger partial charge in [-0.25, -0.2) is 4.99 Å². The third-order valence-corrected chi connectivity index (χ3v) is 3.31. The monoisotopic (exact) mass is 304 g/mol. The highest BCUT2D eigenvalue weighted by atomic mass is 16.5. The second-order valence-corrected chi connectivity index (χ2v) is 5.08. The Balaban J connectivity index is 1.82. The molecule has 1 aliphatic rings. The average Bonchev–Trinajstić information content (AvgIpc) is 2.93. The van der Waals surface area contributed by atoms with Gasteiger partial charge in [-0.15, -0.1) is 0 Å². The van der Waals surface area contributed by atoms with Crippen LogP contribution in [0.5, 0.6) is 5.75 Å². The molecule has 0 radical (unpaired) electrons. The van der Waals surface area contributed by atoms with E-state index < -0.39 is 0 Å². The molecule has 6 heteroatoms. The number of rotatable bonds is 6. The average molecular weight is 304 g/mol. The third-order valence-electron chi connectivity index (χ3n) is 3.31. The van der Waals surface area contributed by atoms with Crippen molar-refractivity contribution in [3.05, 3.63) is 29.8 Å². The summed E-state index contributed by atoms with van der Waals surface area (Å²) in [5.41, 5.74) is 1.23. The van der Waals surface area contributed by atoms with E-state index in [1.165, 1.54) is 5.56 Å². The van der Waals surface area contributed by atoms with Crippen LogP contribution in [0.25, 0.3) is 0 Å². The molecule has 22 heavy (non-hydrogen) atoms. The van der Waals surface area contributed by atoms with Crippen molar-refractivity contribution < 1.29 is 9.53 Å². The molecule has 3 N–H and O–H groups in total. The first kappa shape index (κ1) is 16.1. The Kier molecular flexibility index (Phi) is 6.06. The standard InChI is InChI=1S/C16H24N4O2/c1-3-17-15(21)11-20-16(18-4-2)19-10-13-9-12-7-5-6-8-14(12)22-13/h5-8,13H,3-4,9-11H2,1-2H3,(H,17,21)(H2,18,19,20). The number of hydrogen-bond acceptors (Lipinski definition) is 3. The number of nitrogens with one attached hydrogen (secondary N) is 3. The lowest BCUT2D eigenvalue weighted by Crippen LogP contribution is -2.43. The van der Waals surface area contributed by atoms with Crippen LogP contribution < -0.4 is 20.7 Å². The number of likely N-dealkylation sites (N-methyl/N-ethyl adjacent to an activating group) is 1. The van der Waals surface area contributed by atoms with Gasteiger partial charge in [0.05, 0.1) is 6.54 Å². The minimum absolute atomic E-state index is 0.0794. The number of guanidine groups is 1. The second kappa shape index (κ2) is 8.26. The fourth-order valence-electron chi connectivity index (χ4n) is 2.32. The van der Waals surface area contributed by atoms with Crippen LogP contribution >= 0.6 is 0 Å². The van der Waals surface area contributed by atoms with E-state index in [1.807, 2.05) is 32.0 Å². The van der Waals surface area contributed by atoms with Gasteiger partial charge in [0, 0.05) is 19.5 Å². The number of hydrogen-bond donors (Lipinski definition) is 3. The van der Waals surface area contributed by atoms with E-state index in [0.29, 0.717) is 19.0 Å². The summed E-state index contributed by atoms with van der Waals surface area (Å²) in [5, 5.41) is 9.08. The summed E-state index contributed by atoms with van der Waals surface area (Å²) in [5.74, 6) is 1.51. The number of amides is 1. The summed E-state index contributed by atoms with van der Waals surface area (Å²) in [6, 6.07) is 8.08. The van der Waals surface area contributed by atoms with Crippen LogP contribution in [0.2, 0.25) is 0 Å². The molecule has 1 aliphatic heterocycles. The molecule has 0 fully saturated rings. The number of fused-ring (bicyclic) bond motifs is 1. The number of carbonyl (C=O) groups excluding carboxylic acids is 1. The fourth-order valence-corrected chi connectivity index (χ4v) is 2.32. The summed E-state index contributed by atoms with van der Waals surface area (Å²) in [7, 11) is 0. The van der Waals surface area contributed by atoms with E-state index in [2.05, 4.69) is 27.0 Å². The molecule has 0 aromatic heterocycles. The van der Waals surface area contributed by atoms with Crippen molar-refractivity contribution in [2.75, 3.05) is 26.2 Å². The summed E-state index contributed by atoms with van der Waals surface area (Å²) < 4.78 is 5.88. The molecule has 1 amide bonds. The number of benzene rings is 1. The van der Waals surface area contributed by atoms with Crippen molar-refractivity contribution in [3.63, 3.8) is 0 Å². The first-order chi connectivity index (χ1) is 10.7. The smallest absolute Gasteiger partial charge is 0.241 e. The maximum atomic E-state index is 11.5. The van der Waals surface area contributed by atoms with E-state index in [-0.39, 0.29) is 18.6 Å². The first-order valence-electron chi connectivity index (χ1n) is 7.76. The van der Waals surface area contributed by atoms with Gasteiger partial charge in [-0.2, -0.15) is 0 Å². The van der Waals surface area contributed by atoms with Gasteiger partial charge in [0.15, 0.2) is 5.96 Å². The van der Waals surface area contributed by atoms with Gasteiger partial charge in [-0.1, -0.05) is 18.2 Å². The van der Waals surface area contributed by atoms with Crippen LogP contribution in [-0.4, -0.2) is 44.1 Å². The van der Waals surface area contributed by atoms with Crippen molar-refractivity contribution in [1.29, 1.82) is 0 Å². The molecular weight excluding hydrogens is 280 g/mol. The van der Waals surface area contributed by atoms with E-state index >= 15 is 0 Å². The molecule has 0 saturated carbocycles. The highest BCUT2D eigenvalue weighted by molar-refractivity contribution is 5.84. The lowest BCUT2D eigenvalue weighted by Gasteiger charge is -2.15. The molecule has 0 aliphatic carbocycles. The zero-order valence-corrected chi connectivity index (χ0v) is 13.2. The van der Waals surface area contributed by atoms with Gasteiger partial charge in [0.2, 0.25) is 5.91 Å². The lowest BCUT2D eigenvalue weighted by molar-refractivity contribution is -0.119. The quantitative estimate of drug-likeness (QED) is 0.534. The molecule has 1 atom stereocenters. The zero-order valence-electron chi connectivity index (χ0n) is 13.2. The molecule has 0 saturated heterocycles. The number of carbonyl (C=O) groups is 1. The van der Waals surface area contributed by atoms with Gasteiger partial charge in [-0.3, -0.25) is 4.79 Å². The number of ether oxygens (including phenoxy) is 1. The van der Waals surface area contributed by atoms with E-state index in [4.69, 9.17) is 4.74 Å². The highest BCUT2D eigenvalue weighted by Gasteiger charge is 2.22. The van der Waals surface area contributed by atoms with Gasteiger partial charge >= 0.3 is 0 Å². The Morgan fingerprint density at radius 1 is 1.23 bits per heavy atom. The van der Waals surface area contributed by atoms with E-state index in [9.17, 15) is 4.79 Å². The zero-order chi connectivity index (χ0) is 15.8. The Labute approximate surface area is 131 Å². The van der Waals surface area contributed by atoms with Crippen LogP contribution in [0.1, 0.15) is 19.4 Å². The Morgan fingerprint density at radius 2 is 2.00 bits per heavy atom. The molecule has 1 aromatic rings. The minimum Gasteiger partial charge on any atom is -0.488 e. The molecule has 6 nitrogen and oxygen atoms in total. The molecule has 0 spiro atoms. The first-order valence-corrected chi connectivity index (χ1v) is 7.76. The summed E-state index contributed by atoms with van der Waals surface area (Å²) >= 11 is 0. The molecular formula is C16H24N4O2. The summed E-state index contributed by atoms with van der Waals surface area (Å²) in [6.45, 7) is 6.01. The number of para-hydroxylation sites is 1. The van der Waals surface area contributed by atoms with Gasteiger partial charge in [-0.05, 0) is 25.5 Å². The van der Waals surface area contributed by atoms with Gasteiger partial charge in [0.1, 0.15) is 18.4 Å². The number of nitrogens with zero attached hydrogens (tertiary/aromatic N) is 1. The number of aliphatic imine (C=N–C) groups is 1. The largest absolute Gasteiger partial charge is 0.488 e. The van der Waals surface area contributed by atoms with Gasteiger partial charge in [0.25, 0.3) is 0 Å². The minimum atomic E-state index is -0.0794. The molecule has 2 rings (SSSR count). The second-order valence-electron chi connectivity index (χ2n) is 5.08. The Bertz CT molecular complexity index is 506. The maximum Gasteiger partial charge on any atom is 0.241 e. The fraction of sp³-hybridized carbons (Fsp3) is 0.500. The van der Waals surface area contributed by atoms with E-state index in [0.717, 1.165) is 18.7 Å². The Hall–Kier alpha value is -2.24. The van der Waals surface area contributed by atoms with Crippen LogP contribution in [0.15, 0.2) is 29.3 Å². The van der Waals surface area contributed by atoms with E-state index in [1.54, 1.807) is 0 Å². The Morgan fingerprint density at radius 3 is 2.73 bits per heavy atom. The molecule has 0 bridgehead atoms. The highest BCUT2D eigenvalue weighted by Crippen LogP contribution is 2.27. The predicted octanol–water partition coefficient (Wildman–Crippen LogP) is 0.681. The molecule has 1 heterocycles. The molecule has 1 aromatic carbocycles. The molecule has 120 valence electrons. The van der Waals surface area contributed by atoms with Crippen molar-refractivity contribution in [2.45, 2.75) is 26.4 Å². The summed E-state index contributed by atoms with van der Waals surface area (Å²) in [6.07, 6.45) is 0.976. The van der Waals surface area contributed by atoms with Crippen LogP contribution in [0, 0.1) is 0 Å². The van der Waals surface area contributed by atoms with Crippen LogP contribution in [0.3, 0.4) is 0 Å². The predicted molar refractivity (Wildman–Crippen MR) is 87.2 cm³/mol. The topological polar surface area (TPSA) is 74.8 Å². The SMILES string of the molecule is CCNC(=O)CN=C(NCC)NCC1Cc2ccccc2O1.